The molecule has 0 fully saturated rings. The minimum atomic E-state index is -0.724. The number of amides is 1. The van der Waals surface area contributed by atoms with Crippen LogP contribution in [0.15, 0.2) is 28.7 Å². The van der Waals surface area contributed by atoms with Crippen molar-refractivity contribution in [2.24, 2.45) is 5.73 Å². The van der Waals surface area contributed by atoms with E-state index in [1.54, 1.807) is 0 Å². The van der Waals surface area contributed by atoms with Crippen molar-refractivity contribution in [3.8, 4) is 0 Å². The van der Waals surface area contributed by atoms with Crippen LogP contribution in [0.2, 0.25) is 0 Å². The summed E-state index contributed by atoms with van der Waals surface area (Å²) in [6.45, 7) is 5.84. The first-order valence-corrected chi connectivity index (χ1v) is 6.33. The molecule has 0 unspecified atom stereocenters. The maximum absolute atomic E-state index is 10.8. The quantitative estimate of drug-likeness (QED) is 0.919. The van der Waals surface area contributed by atoms with Crippen LogP contribution in [0.1, 0.15) is 38.7 Å². The van der Waals surface area contributed by atoms with Crippen molar-refractivity contribution in [3.63, 3.8) is 0 Å². The molecule has 0 aliphatic rings. The molecule has 17 heavy (non-hydrogen) atoms. The first-order chi connectivity index (χ1) is 7.80. The van der Waals surface area contributed by atoms with Crippen LogP contribution in [0, 0.1) is 0 Å². The second-order valence-corrected chi connectivity index (χ2v) is 5.75. The number of rotatable bonds is 4. The summed E-state index contributed by atoms with van der Waals surface area (Å²) in [6, 6.07) is 8.14. The van der Waals surface area contributed by atoms with Gasteiger partial charge in [-0.3, -0.25) is 0 Å². The molecule has 3 nitrogen and oxygen atoms in total. The monoisotopic (exact) mass is 299 g/mol. The lowest BCUT2D eigenvalue weighted by atomic mass is 9.89. The summed E-state index contributed by atoms with van der Waals surface area (Å²) in [4.78, 5) is 10.8. The molecule has 1 atom stereocenters. The van der Waals surface area contributed by atoms with Gasteiger partial charge in [-0.05, 0) is 43.9 Å². The highest BCUT2D eigenvalue weighted by Gasteiger charge is 2.25. The minimum Gasteiger partial charge on any atom is -0.444 e. The van der Waals surface area contributed by atoms with E-state index in [1.165, 1.54) is 5.56 Å². The molecule has 1 aromatic rings. The highest BCUT2D eigenvalue weighted by molar-refractivity contribution is 9.10. The molecule has 0 saturated carbocycles. The Morgan fingerprint density at radius 3 is 2.41 bits per heavy atom. The summed E-state index contributed by atoms with van der Waals surface area (Å²) < 4.78 is 6.14. The third-order valence-electron chi connectivity index (χ3n) is 2.61. The molecular weight excluding hydrogens is 282 g/mol. The molecule has 0 aliphatic heterocycles. The highest BCUT2D eigenvalue weighted by Crippen LogP contribution is 2.28. The maximum Gasteiger partial charge on any atom is 0.405 e. The second-order valence-electron chi connectivity index (χ2n) is 4.84. The summed E-state index contributed by atoms with van der Waals surface area (Å²) in [5.74, 6) is 0.303. The largest absolute Gasteiger partial charge is 0.444 e. The molecule has 94 valence electrons. The number of hydrogen-bond donors (Lipinski definition) is 1. The van der Waals surface area contributed by atoms with E-state index in [0.29, 0.717) is 5.92 Å². The SMILES string of the molecule is C[C@H](CC(C)(C)OC(N)=O)c1ccc(Br)cc1. The molecule has 4 heteroatoms. The van der Waals surface area contributed by atoms with Gasteiger partial charge in [0.1, 0.15) is 5.60 Å². The van der Waals surface area contributed by atoms with Crippen LogP contribution in [0.4, 0.5) is 4.79 Å². The zero-order valence-corrected chi connectivity index (χ0v) is 12.0. The number of halogens is 1. The van der Waals surface area contributed by atoms with Gasteiger partial charge in [0.05, 0.1) is 0 Å². The summed E-state index contributed by atoms with van der Waals surface area (Å²) in [6.07, 6.45) is 0.00963. The minimum absolute atomic E-state index is 0.303. The van der Waals surface area contributed by atoms with Gasteiger partial charge >= 0.3 is 6.09 Å². The fourth-order valence-corrected chi connectivity index (χ4v) is 2.22. The van der Waals surface area contributed by atoms with Crippen molar-refractivity contribution in [1.82, 2.24) is 0 Å². The molecule has 1 amide bonds. The van der Waals surface area contributed by atoms with Gasteiger partial charge in [-0.25, -0.2) is 4.79 Å². The summed E-state index contributed by atoms with van der Waals surface area (Å²) >= 11 is 3.40. The van der Waals surface area contributed by atoms with Gasteiger partial charge in [-0.1, -0.05) is 35.0 Å². The fourth-order valence-electron chi connectivity index (χ4n) is 1.96. The van der Waals surface area contributed by atoms with E-state index in [-0.39, 0.29) is 0 Å². The Balaban J connectivity index is 2.68. The Morgan fingerprint density at radius 2 is 1.94 bits per heavy atom. The molecule has 0 aliphatic carbocycles. The number of nitrogens with two attached hydrogens (primary N) is 1. The van der Waals surface area contributed by atoms with Crippen molar-refractivity contribution in [3.05, 3.63) is 34.3 Å². The zero-order valence-electron chi connectivity index (χ0n) is 10.4. The van der Waals surface area contributed by atoms with Gasteiger partial charge in [0.2, 0.25) is 0 Å². The molecule has 0 saturated heterocycles. The Bertz CT molecular complexity index is 387. The topological polar surface area (TPSA) is 52.3 Å². The van der Waals surface area contributed by atoms with Gasteiger partial charge in [0.25, 0.3) is 0 Å². The van der Waals surface area contributed by atoms with Crippen LogP contribution in [0.5, 0.6) is 0 Å². The number of ether oxygens (including phenoxy) is 1. The molecule has 2 N–H and O–H groups in total. The van der Waals surface area contributed by atoms with E-state index in [0.717, 1.165) is 10.9 Å². The van der Waals surface area contributed by atoms with E-state index >= 15 is 0 Å². The molecular formula is C13H18BrNO2. The van der Waals surface area contributed by atoms with Gasteiger partial charge in [0.15, 0.2) is 0 Å². The lowest BCUT2D eigenvalue weighted by molar-refractivity contribution is 0.0349. The van der Waals surface area contributed by atoms with E-state index in [9.17, 15) is 4.79 Å². The lowest BCUT2D eigenvalue weighted by Gasteiger charge is -2.27. The Labute approximate surface area is 110 Å². The van der Waals surface area contributed by atoms with Crippen molar-refractivity contribution in [1.29, 1.82) is 0 Å². The van der Waals surface area contributed by atoms with Gasteiger partial charge < -0.3 is 10.5 Å². The predicted octanol–water partition coefficient (Wildman–Crippen LogP) is 3.82. The number of carbonyl (C=O) groups excluding carboxylic acids is 1. The first kappa shape index (κ1) is 14.0. The van der Waals surface area contributed by atoms with Crippen molar-refractivity contribution in [2.75, 3.05) is 0 Å². The second kappa shape index (κ2) is 5.54. The van der Waals surface area contributed by atoms with Gasteiger partial charge in [-0.2, -0.15) is 0 Å². The van der Waals surface area contributed by atoms with Crippen molar-refractivity contribution >= 4 is 22.0 Å². The van der Waals surface area contributed by atoms with E-state index in [1.807, 2.05) is 26.0 Å². The highest BCUT2D eigenvalue weighted by atomic mass is 79.9. The smallest absolute Gasteiger partial charge is 0.405 e. The van der Waals surface area contributed by atoms with E-state index in [4.69, 9.17) is 10.5 Å². The normalized spacial score (nSPS) is 13.2. The number of benzene rings is 1. The van der Waals surface area contributed by atoms with Crippen LogP contribution in [0.25, 0.3) is 0 Å². The third-order valence-corrected chi connectivity index (χ3v) is 3.14. The molecule has 1 aromatic carbocycles. The van der Waals surface area contributed by atoms with Crippen LogP contribution in [0.3, 0.4) is 0 Å². The maximum atomic E-state index is 10.8. The molecule has 0 heterocycles. The Morgan fingerprint density at radius 1 is 1.41 bits per heavy atom. The molecule has 1 rings (SSSR count). The predicted molar refractivity (Wildman–Crippen MR) is 71.9 cm³/mol. The van der Waals surface area contributed by atoms with Crippen LogP contribution in [-0.2, 0) is 4.74 Å². The van der Waals surface area contributed by atoms with Crippen LogP contribution < -0.4 is 5.73 Å². The summed E-state index contributed by atoms with van der Waals surface area (Å²) in [5, 5.41) is 0. The number of hydrogen-bond acceptors (Lipinski definition) is 2. The van der Waals surface area contributed by atoms with Gasteiger partial charge in [-0.15, -0.1) is 0 Å². The third kappa shape index (κ3) is 4.77. The lowest BCUT2D eigenvalue weighted by Crippen LogP contribution is -2.32. The van der Waals surface area contributed by atoms with E-state index < -0.39 is 11.7 Å². The number of carbonyl (C=O) groups is 1. The van der Waals surface area contributed by atoms with Crippen LogP contribution >= 0.6 is 15.9 Å². The number of primary amides is 1. The van der Waals surface area contributed by atoms with Gasteiger partial charge in [0, 0.05) is 4.47 Å². The molecule has 0 radical (unpaired) electrons. The van der Waals surface area contributed by atoms with Crippen molar-refractivity contribution < 1.29 is 9.53 Å². The van der Waals surface area contributed by atoms with E-state index in [2.05, 4.69) is 35.0 Å². The molecule has 0 spiro atoms. The zero-order chi connectivity index (χ0) is 13.1. The average molecular weight is 300 g/mol. The Kier molecular flexibility index (Phi) is 4.57. The summed E-state index contributed by atoms with van der Waals surface area (Å²) in [5.41, 5.74) is 5.72. The first-order valence-electron chi connectivity index (χ1n) is 5.54. The fraction of sp³-hybridized carbons (Fsp3) is 0.462. The molecule has 0 bridgehead atoms. The van der Waals surface area contributed by atoms with Crippen molar-refractivity contribution in [2.45, 2.75) is 38.7 Å². The standard InChI is InChI=1S/C13H18BrNO2/c1-9(8-13(2,3)17-12(15)16)10-4-6-11(14)7-5-10/h4-7,9H,8H2,1-3H3,(H2,15,16)/t9-/m1/s1. The van der Waals surface area contributed by atoms with Crippen LogP contribution in [-0.4, -0.2) is 11.7 Å². The Hall–Kier alpha value is -1.03. The average Bonchev–Trinajstić information content (AvgIpc) is 2.15. The summed E-state index contributed by atoms with van der Waals surface area (Å²) in [7, 11) is 0. The molecule has 0 aromatic heterocycles.